The van der Waals surface area contributed by atoms with E-state index < -0.39 is 17.3 Å². The highest BCUT2D eigenvalue weighted by molar-refractivity contribution is 5.84. The quantitative estimate of drug-likeness (QED) is 0.489. The zero-order chi connectivity index (χ0) is 21.7. The molecular formula is C20H14F3N5O2. The first-order chi connectivity index (χ1) is 14.3. The molecule has 0 amide bonds. The Morgan fingerprint density at radius 3 is 2.57 bits per heavy atom. The molecule has 0 radical (unpaired) electrons. The molecule has 1 heterocycles. The second kappa shape index (κ2) is 8.48. The van der Waals surface area contributed by atoms with Gasteiger partial charge in [-0.2, -0.15) is 23.5 Å². The zero-order valence-electron chi connectivity index (χ0n) is 15.5. The monoisotopic (exact) mass is 413 g/mol. The Labute approximate surface area is 168 Å². The molecule has 0 fully saturated rings. The number of aromatic nitrogens is 2. The van der Waals surface area contributed by atoms with Crippen molar-refractivity contribution in [1.29, 1.82) is 5.26 Å². The van der Waals surface area contributed by atoms with Gasteiger partial charge in [-0.15, -0.1) is 0 Å². The Bertz CT molecular complexity index is 1180. The number of H-pyrrole nitrogens is 1. The van der Waals surface area contributed by atoms with Crippen molar-refractivity contribution in [1.82, 2.24) is 9.97 Å². The average molecular weight is 413 g/mol. The number of nitrogens with one attached hydrogen (secondary N) is 2. The van der Waals surface area contributed by atoms with E-state index in [1.54, 1.807) is 30.3 Å². The van der Waals surface area contributed by atoms with E-state index in [1.165, 1.54) is 12.1 Å². The predicted octanol–water partition coefficient (Wildman–Crippen LogP) is 3.78. The number of hydrazone groups is 1. The van der Waals surface area contributed by atoms with Crippen molar-refractivity contribution >= 4 is 12.2 Å². The lowest BCUT2D eigenvalue weighted by molar-refractivity contribution is -0.138. The molecule has 0 aliphatic rings. The summed E-state index contributed by atoms with van der Waals surface area (Å²) in [6.45, 7) is 0. The molecule has 152 valence electrons. The van der Waals surface area contributed by atoms with Crippen LogP contribution in [0.25, 0.3) is 11.3 Å². The largest absolute Gasteiger partial charge is 0.495 e. The van der Waals surface area contributed by atoms with Crippen LogP contribution >= 0.6 is 0 Å². The molecule has 3 aromatic rings. The van der Waals surface area contributed by atoms with E-state index in [4.69, 9.17) is 4.74 Å². The number of para-hydroxylation sites is 1. The Kier molecular flexibility index (Phi) is 5.83. The molecule has 0 saturated carbocycles. The number of ether oxygens (including phenoxy) is 1. The van der Waals surface area contributed by atoms with E-state index in [0.717, 1.165) is 19.4 Å². The fourth-order valence-corrected chi connectivity index (χ4v) is 2.71. The van der Waals surface area contributed by atoms with Crippen molar-refractivity contribution < 1.29 is 17.9 Å². The fraction of sp³-hybridized carbons (Fsp3) is 0.100. The molecule has 2 N–H and O–H groups in total. The van der Waals surface area contributed by atoms with Gasteiger partial charge < -0.3 is 4.74 Å². The van der Waals surface area contributed by atoms with Crippen molar-refractivity contribution in [3.63, 3.8) is 0 Å². The summed E-state index contributed by atoms with van der Waals surface area (Å²) in [6.07, 6.45) is -3.48. The number of halogens is 3. The standard InChI is InChI=1S/C20H14F3N5O2/c1-30-17-13(8-5-9-15(17)20(21,22)23)11-25-28-19-26-16(12-6-3-2-4-7-12)14(10-24)18(29)27-19/h2-9,11H,1H3,(H2,26,27,28,29). The van der Waals surface area contributed by atoms with Gasteiger partial charge in [0, 0.05) is 11.1 Å². The molecule has 2 aromatic carbocycles. The van der Waals surface area contributed by atoms with Crippen LogP contribution in [0.3, 0.4) is 0 Å². The maximum Gasteiger partial charge on any atom is 0.419 e. The van der Waals surface area contributed by atoms with Gasteiger partial charge in [-0.3, -0.25) is 9.78 Å². The van der Waals surface area contributed by atoms with Gasteiger partial charge in [-0.1, -0.05) is 36.4 Å². The summed E-state index contributed by atoms with van der Waals surface area (Å²) >= 11 is 0. The number of anilines is 1. The maximum absolute atomic E-state index is 13.1. The third-order valence-corrected chi connectivity index (χ3v) is 4.01. The molecule has 0 atom stereocenters. The average Bonchev–Trinajstić information content (AvgIpc) is 2.73. The van der Waals surface area contributed by atoms with Gasteiger partial charge >= 0.3 is 6.18 Å². The normalized spacial score (nSPS) is 11.3. The van der Waals surface area contributed by atoms with Gasteiger partial charge in [-0.25, -0.2) is 10.4 Å². The molecule has 0 aliphatic carbocycles. The van der Waals surface area contributed by atoms with E-state index >= 15 is 0 Å². The molecule has 0 unspecified atom stereocenters. The van der Waals surface area contributed by atoms with Crippen molar-refractivity contribution in [2.45, 2.75) is 6.18 Å². The van der Waals surface area contributed by atoms with Crippen LogP contribution in [0.2, 0.25) is 0 Å². The number of nitrogens with zero attached hydrogens (tertiary/aromatic N) is 3. The van der Waals surface area contributed by atoms with Gasteiger partial charge in [0.15, 0.2) is 0 Å². The molecule has 0 saturated heterocycles. The lowest BCUT2D eigenvalue weighted by Crippen LogP contribution is -2.16. The second-order valence-electron chi connectivity index (χ2n) is 5.91. The van der Waals surface area contributed by atoms with Crippen LogP contribution in [0, 0.1) is 11.3 Å². The van der Waals surface area contributed by atoms with Crippen LogP contribution in [-0.2, 0) is 6.18 Å². The summed E-state index contributed by atoms with van der Waals surface area (Å²) in [7, 11) is 1.13. The number of rotatable bonds is 5. The first-order valence-electron chi connectivity index (χ1n) is 8.48. The van der Waals surface area contributed by atoms with Crippen molar-refractivity contribution in [2.75, 3.05) is 12.5 Å². The lowest BCUT2D eigenvalue weighted by Gasteiger charge is -2.13. The number of nitriles is 1. The molecular weight excluding hydrogens is 399 g/mol. The topological polar surface area (TPSA) is 103 Å². The highest BCUT2D eigenvalue weighted by Gasteiger charge is 2.34. The number of hydrogen-bond donors (Lipinski definition) is 2. The molecule has 0 spiro atoms. The van der Waals surface area contributed by atoms with E-state index in [9.17, 15) is 23.2 Å². The van der Waals surface area contributed by atoms with E-state index in [2.05, 4.69) is 20.5 Å². The Morgan fingerprint density at radius 1 is 1.20 bits per heavy atom. The highest BCUT2D eigenvalue weighted by Crippen LogP contribution is 2.37. The number of hydrogen-bond acceptors (Lipinski definition) is 6. The predicted molar refractivity (Wildman–Crippen MR) is 104 cm³/mol. The molecule has 10 heteroatoms. The number of aromatic amines is 1. The molecule has 1 aromatic heterocycles. The third-order valence-electron chi connectivity index (χ3n) is 4.01. The first kappa shape index (κ1) is 20.6. The molecule has 0 aliphatic heterocycles. The van der Waals surface area contributed by atoms with Gasteiger partial charge in [0.25, 0.3) is 5.56 Å². The summed E-state index contributed by atoms with van der Waals surface area (Å²) in [5.41, 5.74) is 1.44. The van der Waals surface area contributed by atoms with E-state index in [-0.39, 0.29) is 28.5 Å². The highest BCUT2D eigenvalue weighted by atomic mass is 19.4. The molecule has 0 bridgehead atoms. The Balaban J connectivity index is 1.94. The maximum atomic E-state index is 13.1. The van der Waals surface area contributed by atoms with Crippen LogP contribution in [0.5, 0.6) is 5.75 Å². The summed E-state index contributed by atoms with van der Waals surface area (Å²) in [6, 6.07) is 13.9. The van der Waals surface area contributed by atoms with Crippen molar-refractivity contribution in [3.05, 3.63) is 75.6 Å². The zero-order valence-corrected chi connectivity index (χ0v) is 15.5. The summed E-state index contributed by atoms with van der Waals surface area (Å²) in [4.78, 5) is 18.8. The van der Waals surface area contributed by atoms with Crippen LogP contribution in [0.4, 0.5) is 19.1 Å². The SMILES string of the molecule is COc1c(C=NNc2nc(-c3ccccc3)c(C#N)c(=O)[nH]2)cccc1C(F)(F)F. The number of methoxy groups -OCH3 is 1. The molecule has 3 rings (SSSR count). The van der Waals surface area contributed by atoms with Crippen molar-refractivity contribution in [3.8, 4) is 23.1 Å². The number of alkyl halides is 3. The first-order valence-corrected chi connectivity index (χ1v) is 8.48. The summed E-state index contributed by atoms with van der Waals surface area (Å²) in [5, 5.41) is 13.1. The van der Waals surface area contributed by atoms with Gasteiger partial charge in [0.2, 0.25) is 5.95 Å². The van der Waals surface area contributed by atoms with Crippen LogP contribution in [0.1, 0.15) is 16.7 Å². The van der Waals surface area contributed by atoms with Crippen LogP contribution in [-0.4, -0.2) is 23.3 Å². The Hall–Kier alpha value is -4.13. The van der Waals surface area contributed by atoms with E-state index in [0.29, 0.717) is 5.56 Å². The smallest absolute Gasteiger partial charge is 0.419 e. The van der Waals surface area contributed by atoms with Gasteiger partial charge in [-0.05, 0) is 12.1 Å². The fourth-order valence-electron chi connectivity index (χ4n) is 2.71. The van der Waals surface area contributed by atoms with Crippen LogP contribution in [0.15, 0.2) is 58.4 Å². The van der Waals surface area contributed by atoms with Crippen molar-refractivity contribution in [2.24, 2.45) is 5.10 Å². The third kappa shape index (κ3) is 4.30. The number of benzene rings is 2. The van der Waals surface area contributed by atoms with Gasteiger partial charge in [0.1, 0.15) is 17.4 Å². The molecule has 7 nitrogen and oxygen atoms in total. The minimum atomic E-state index is -4.59. The van der Waals surface area contributed by atoms with Gasteiger partial charge in [0.05, 0.1) is 24.6 Å². The Morgan fingerprint density at radius 2 is 1.93 bits per heavy atom. The van der Waals surface area contributed by atoms with E-state index in [1.807, 2.05) is 6.07 Å². The lowest BCUT2D eigenvalue weighted by atomic mass is 10.1. The minimum absolute atomic E-state index is 0.0686. The second-order valence-corrected chi connectivity index (χ2v) is 5.91. The minimum Gasteiger partial charge on any atom is -0.495 e. The molecule has 30 heavy (non-hydrogen) atoms. The summed E-state index contributed by atoms with van der Waals surface area (Å²) < 4.78 is 44.2. The summed E-state index contributed by atoms with van der Waals surface area (Å²) in [5.74, 6) is -0.471. The van der Waals surface area contributed by atoms with Crippen LogP contribution < -0.4 is 15.7 Å².